The summed E-state index contributed by atoms with van der Waals surface area (Å²) in [5, 5.41) is 11.1. The Bertz CT molecular complexity index is 1690. The van der Waals surface area contributed by atoms with Crippen LogP contribution in [0.4, 0.5) is 0 Å². The average molecular weight is 539 g/mol. The van der Waals surface area contributed by atoms with Crippen LogP contribution in [0.15, 0.2) is 65.3 Å². The van der Waals surface area contributed by atoms with Crippen molar-refractivity contribution in [2.75, 3.05) is 0 Å². The van der Waals surface area contributed by atoms with Crippen molar-refractivity contribution in [1.29, 1.82) is 0 Å². The molecule has 0 atom stereocenters. The Morgan fingerprint density at radius 1 is 0.667 bits per heavy atom. The highest BCUT2D eigenvalue weighted by Crippen LogP contribution is 2.36. The van der Waals surface area contributed by atoms with Crippen molar-refractivity contribution in [3.63, 3.8) is 0 Å². The van der Waals surface area contributed by atoms with Crippen LogP contribution < -0.4 is 0 Å². The van der Waals surface area contributed by atoms with Gasteiger partial charge in [0.15, 0.2) is 5.58 Å². The van der Waals surface area contributed by atoms with Crippen molar-refractivity contribution in [3.05, 3.63) is 83.2 Å². The number of aromatic nitrogens is 6. The van der Waals surface area contributed by atoms with Gasteiger partial charge in [0.05, 0.1) is 37.7 Å². The number of para-hydroxylation sites is 1. The lowest BCUT2D eigenvalue weighted by Crippen LogP contribution is -2.21. The van der Waals surface area contributed by atoms with Crippen LogP contribution in [0.3, 0.4) is 0 Å². The minimum atomic E-state index is -0.416. The third-order valence-corrected chi connectivity index (χ3v) is 8.54. The average Bonchev–Trinajstić information content (AvgIpc) is 3.66. The summed E-state index contributed by atoms with van der Waals surface area (Å²) in [6.45, 7) is 17.2. The summed E-state index contributed by atoms with van der Waals surface area (Å²) in [4.78, 5) is 9.61. The third kappa shape index (κ3) is 4.36. The van der Waals surface area contributed by atoms with E-state index in [1.54, 1.807) is 11.3 Å². The van der Waals surface area contributed by atoms with Crippen LogP contribution >= 0.6 is 11.3 Å². The van der Waals surface area contributed by atoms with Crippen LogP contribution in [-0.4, -0.2) is 29.5 Å². The first-order valence-corrected chi connectivity index (χ1v) is 14.1. The third-order valence-electron chi connectivity index (χ3n) is 7.02. The molecule has 0 aliphatic carbocycles. The van der Waals surface area contributed by atoms with Crippen LogP contribution in [0, 0.1) is 0 Å². The molecule has 200 valence electrons. The van der Waals surface area contributed by atoms with Crippen LogP contribution in [-0.2, 0) is 16.2 Å². The van der Waals surface area contributed by atoms with E-state index in [4.69, 9.17) is 24.6 Å². The molecule has 39 heavy (non-hydrogen) atoms. The van der Waals surface area contributed by atoms with Gasteiger partial charge in [-0.05, 0) is 50.2 Å². The molecule has 0 unspecified atom stereocenters. The molecule has 0 aliphatic heterocycles. The molecular formula is C31H34N6OS. The second-order valence-electron chi connectivity index (χ2n) is 12.7. The first-order valence-electron chi connectivity index (χ1n) is 13.3. The van der Waals surface area contributed by atoms with Crippen molar-refractivity contribution in [3.8, 4) is 11.4 Å². The van der Waals surface area contributed by atoms with Crippen LogP contribution in [0.2, 0.25) is 0 Å². The van der Waals surface area contributed by atoms with Gasteiger partial charge in [-0.1, -0.05) is 53.7 Å². The number of hydrogen-bond donors (Lipinski definition) is 0. The normalized spacial score (nSPS) is 13.1. The topological polar surface area (TPSA) is 74.6 Å². The standard InChI is InChI=1S/C31H34N6OS/c1-29(2,3)27-32-19-11-9-13-21(25(19)38-27)36-17-15-23(34-36)31(7,8)24-16-18-37(35-24)22-14-10-12-20-26(22)39-28(33-20)30(4,5)6/h9-18H,1-8H3. The molecule has 4 aromatic heterocycles. The molecule has 0 radical (unpaired) electrons. The summed E-state index contributed by atoms with van der Waals surface area (Å²) in [5.74, 6) is 0.716. The van der Waals surface area contributed by atoms with E-state index >= 15 is 0 Å². The van der Waals surface area contributed by atoms with Gasteiger partial charge in [-0.25, -0.2) is 19.3 Å². The smallest absolute Gasteiger partial charge is 0.200 e. The Morgan fingerprint density at radius 2 is 1.26 bits per heavy atom. The Hall–Kier alpha value is -3.78. The molecule has 7 nitrogen and oxygen atoms in total. The van der Waals surface area contributed by atoms with Gasteiger partial charge in [-0.15, -0.1) is 11.3 Å². The molecule has 0 aliphatic rings. The van der Waals surface area contributed by atoms with Crippen molar-refractivity contribution in [2.24, 2.45) is 0 Å². The molecule has 0 N–H and O–H groups in total. The van der Waals surface area contributed by atoms with Crippen molar-refractivity contribution >= 4 is 32.7 Å². The monoisotopic (exact) mass is 538 g/mol. The number of hydrogen-bond acceptors (Lipinski definition) is 6. The number of nitrogens with zero attached hydrogens (tertiary/aromatic N) is 6. The van der Waals surface area contributed by atoms with Gasteiger partial charge in [0.1, 0.15) is 11.2 Å². The Balaban J connectivity index is 1.35. The van der Waals surface area contributed by atoms with Crippen molar-refractivity contribution < 1.29 is 4.42 Å². The first kappa shape index (κ1) is 25.5. The number of fused-ring (bicyclic) bond motifs is 2. The maximum Gasteiger partial charge on any atom is 0.200 e. The van der Waals surface area contributed by atoms with Gasteiger partial charge in [0, 0.05) is 23.2 Å². The number of thiazole rings is 1. The Labute approximate surface area is 232 Å². The summed E-state index contributed by atoms with van der Waals surface area (Å²) in [6, 6.07) is 16.3. The van der Waals surface area contributed by atoms with Gasteiger partial charge in [0.2, 0.25) is 5.89 Å². The molecule has 0 amide bonds. The summed E-state index contributed by atoms with van der Waals surface area (Å²) < 4.78 is 11.2. The molecule has 6 rings (SSSR count). The highest BCUT2D eigenvalue weighted by molar-refractivity contribution is 7.19. The molecule has 0 fully saturated rings. The molecule has 2 aromatic carbocycles. The van der Waals surface area contributed by atoms with Gasteiger partial charge in [-0.3, -0.25) is 0 Å². The fraction of sp³-hybridized carbons (Fsp3) is 0.355. The summed E-state index contributed by atoms with van der Waals surface area (Å²) in [6.07, 6.45) is 4.01. The van der Waals surface area contributed by atoms with Crippen LogP contribution in [0.25, 0.3) is 32.7 Å². The van der Waals surface area contributed by atoms with Crippen molar-refractivity contribution in [2.45, 2.75) is 71.6 Å². The Morgan fingerprint density at radius 3 is 1.87 bits per heavy atom. The minimum Gasteiger partial charge on any atom is -0.438 e. The summed E-state index contributed by atoms with van der Waals surface area (Å²) in [7, 11) is 0. The van der Waals surface area contributed by atoms with E-state index in [1.165, 1.54) is 0 Å². The largest absolute Gasteiger partial charge is 0.438 e. The summed E-state index contributed by atoms with van der Waals surface area (Å²) in [5.41, 5.74) is 5.77. The van der Waals surface area contributed by atoms with E-state index in [1.807, 2.05) is 46.0 Å². The summed E-state index contributed by atoms with van der Waals surface area (Å²) >= 11 is 1.74. The fourth-order valence-corrected chi connectivity index (χ4v) is 5.71. The van der Waals surface area contributed by atoms with Gasteiger partial charge in [0.25, 0.3) is 0 Å². The fourth-order valence-electron chi connectivity index (χ4n) is 4.59. The van der Waals surface area contributed by atoms with Crippen LogP contribution in [0.1, 0.15) is 77.7 Å². The second-order valence-corrected chi connectivity index (χ2v) is 13.7. The molecule has 0 saturated heterocycles. The number of oxazole rings is 1. The number of benzene rings is 2. The van der Waals surface area contributed by atoms with E-state index in [0.717, 1.165) is 49.1 Å². The van der Waals surface area contributed by atoms with Gasteiger partial charge in [-0.2, -0.15) is 10.2 Å². The van der Waals surface area contributed by atoms with Crippen molar-refractivity contribution in [1.82, 2.24) is 29.5 Å². The molecule has 8 heteroatoms. The molecular weight excluding hydrogens is 504 g/mol. The van der Waals surface area contributed by atoms with E-state index in [9.17, 15) is 0 Å². The lowest BCUT2D eigenvalue weighted by molar-refractivity contribution is 0.410. The molecule has 0 saturated carbocycles. The minimum absolute atomic E-state index is 0.00139. The SMILES string of the molecule is CC(C)(C)c1nc2cccc(-n3ccc(C(C)(C)c4ccn(-c5cccc6nc(C(C)(C)C)sc56)n4)n3)c2o1. The lowest BCUT2D eigenvalue weighted by atomic mass is 9.86. The lowest BCUT2D eigenvalue weighted by Gasteiger charge is -2.19. The molecule has 4 heterocycles. The maximum absolute atomic E-state index is 6.22. The predicted octanol–water partition coefficient (Wildman–Crippen LogP) is 7.73. The second kappa shape index (κ2) is 8.61. The zero-order valence-corrected chi connectivity index (χ0v) is 24.6. The molecule has 0 spiro atoms. The van der Waals surface area contributed by atoms with E-state index < -0.39 is 5.41 Å². The quantitative estimate of drug-likeness (QED) is 0.230. The maximum atomic E-state index is 6.22. The predicted molar refractivity (Wildman–Crippen MR) is 157 cm³/mol. The van der Waals surface area contributed by atoms with E-state index in [-0.39, 0.29) is 10.8 Å². The zero-order chi connectivity index (χ0) is 27.7. The Kier molecular flexibility index (Phi) is 5.63. The van der Waals surface area contributed by atoms with E-state index in [0.29, 0.717) is 5.89 Å². The van der Waals surface area contributed by atoms with E-state index in [2.05, 4.69) is 79.7 Å². The highest BCUT2D eigenvalue weighted by atomic mass is 32.1. The molecule has 0 bridgehead atoms. The zero-order valence-electron chi connectivity index (χ0n) is 23.8. The van der Waals surface area contributed by atoms with Gasteiger partial charge < -0.3 is 4.42 Å². The van der Waals surface area contributed by atoms with Crippen LogP contribution in [0.5, 0.6) is 0 Å². The molecule has 6 aromatic rings. The number of rotatable bonds is 4. The first-order chi connectivity index (χ1) is 18.3. The van der Waals surface area contributed by atoms with Gasteiger partial charge >= 0.3 is 0 Å². The highest BCUT2D eigenvalue weighted by Gasteiger charge is 2.30.